The van der Waals surface area contributed by atoms with Crippen molar-refractivity contribution in [3.8, 4) is 11.8 Å². The molecule has 0 saturated heterocycles. The molecule has 1 aromatic carbocycles. The molecule has 0 aliphatic carbocycles. The molecule has 0 bridgehead atoms. The van der Waals surface area contributed by atoms with Crippen molar-refractivity contribution in [3.63, 3.8) is 0 Å². The summed E-state index contributed by atoms with van der Waals surface area (Å²) in [5, 5.41) is 12.0. The first-order chi connectivity index (χ1) is 8.27. The highest BCUT2D eigenvalue weighted by Gasteiger charge is 2.04. The van der Waals surface area contributed by atoms with Crippen LogP contribution in [0, 0.1) is 11.3 Å². The van der Waals surface area contributed by atoms with Crippen LogP contribution in [0.25, 0.3) is 0 Å². The maximum absolute atomic E-state index is 8.52. The zero-order chi connectivity index (χ0) is 12.5. The highest BCUT2D eigenvalue weighted by Crippen LogP contribution is 2.17. The van der Waals surface area contributed by atoms with Crippen LogP contribution in [0.5, 0.6) is 5.75 Å². The van der Waals surface area contributed by atoms with Gasteiger partial charge in [-0.1, -0.05) is 31.5 Å². The van der Waals surface area contributed by atoms with E-state index in [1.165, 1.54) is 12.8 Å². The monoisotopic (exact) mass is 232 g/mol. The van der Waals surface area contributed by atoms with E-state index in [4.69, 9.17) is 10.00 Å². The van der Waals surface area contributed by atoms with E-state index in [-0.39, 0.29) is 6.61 Å². The molecule has 0 aliphatic rings. The van der Waals surface area contributed by atoms with Crippen LogP contribution in [0.15, 0.2) is 24.3 Å². The molecule has 0 heterocycles. The molecule has 0 aliphatic heterocycles. The summed E-state index contributed by atoms with van der Waals surface area (Å²) in [7, 11) is 0. The summed E-state index contributed by atoms with van der Waals surface area (Å²) in [6.07, 6.45) is 2.35. The molecule has 0 radical (unpaired) electrons. The summed E-state index contributed by atoms with van der Waals surface area (Å²) in [5.74, 6) is 0.797. The molecule has 0 aromatic heterocycles. The van der Waals surface area contributed by atoms with Crippen LogP contribution in [0.2, 0.25) is 0 Å². The number of para-hydroxylation sites is 1. The van der Waals surface area contributed by atoms with Gasteiger partial charge in [0.25, 0.3) is 0 Å². The normalized spacial score (nSPS) is 11.8. The Bertz CT molecular complexity index is 371. The number of nitrogens with one attached hydrogen (secondary N) is 1. The molecule has 1 unspecified atom stereocenters. The van der Waals surface area contributed by atoms with E-state index in [1.54, 1.807) is 0 Å². The van der Waals surface area contributed by atoms with E-state index in [0.717, 1.165) is 17.9 Å². The van der Waals surface area contributed by atoms with Crippen molar-refractivity contribution < 1.29 is 4.74 Å². The fourth-order valence-corrected chi connectivity index (χ4v) is 1.72. The summed E-state index contributed by atoms with van der Waals surface area (Å²) in [4.78, 5) is 0. The lowest BCUT2D eigenvalue weighted by atomic mass is 10.1. The van der Waals surface area contributed by atoms with Gasteiger partial charge in [0.1, 0.15) is 11.8 Å². The summed E-state index contributed by atoms with van der Waals surface area (Å²) < 4.78 is 5.38. The predicted molar refractivity (Wildman–Crippen MR) is 68.8 cm³/mol. The molecule has 1 aromatic rings. The molecule has 92 valence electrons. The first-order valence-corrected chi connectivity index (χ1v) is 6.09. The Kier molecular flexibility index (Phi) is 6.13. The molecular formula is C14H20N2O. The van der Waals surface area contributed by atoms with Crippen molar-refractivity contribution >= 4 is 0 Å². The van der Waals surface area contributed by atoms with Crippen LogP contribution < -0.4 is 10.1 Å². The minimum Gasteiger partial charge on any atom is -0.478 e. The van der Waals surface area contributed by atoms with Gasteiger partial charge in [-0.25, -0.2) is 0 Å². The summed E-state index contributed by atoms with van der Waals surface area (Å²) in [5.41, 5.74) is 1.10. The average molecular weight is 232 g/mol. The third-order valence-electron chi connectivity index (χ3n) is 2.63. The minimum absolute atomic E-state index is 0.0987. The Morgan fingerprint density at radius 2 is 2.18 bits per heavy atom. The first kappa shape index (κ1) is 13.5. The fourth-order valence-electron chi connectivity index (χ4n) is 1.72. The van der Waals surface area contributed by atoms with Gasteiger partial charge in [0.05, 0.1) is 0 Å². The van der Waals surface area contributed by atoms with Gasteiger partial charge in [-0.15, -0.1) is 0 Å². The van der Waals surface area contributed by atoms with Gasteiger partial charge in [-0.2, -0.15) is 5.26 Å². The number of ether oxygens (including phenoxy) is 1. The number of rotatable bonds is 7. The molecule has 3 nitrogen and oxygen atoms in total. The Labute approximate surface area is 103 Å². The second kappa shape index (κ2) is 7.70. The highest BCUT2D eigenvalue weighted by atomic mass is 16.5. The van der Waals surface area contributed by atoms with Crippen LogP contribution >= 0.6 is 0 Å². The number of nitriles is 1. The largest absolute Gasteiger partial charge is 0.478 e. The van der Waals surface area contributed by atoms with Gasteiger partial charge in [0, 0.05) is 18.2 Å². The zero-order valence-electron chi connectivity index (χ0n) is 10.6. The van der Waals surface area contributed by atoms with Gasteiger partial charge in [0.2, 0.25) is 0 Å². The molecule has 3 heteroatoms. The molecule has 0 amide bonds. The lowest BCUT2D eigenvalue weighted by Gasteiger charge is -2.14. The summed E-state index contributed by atoms with van der Waals surface area (Å²) >= 11 is 0. The lowest BCUT2D eigenvalue weighted by Crippen LogP contribution is -2.25. The van der Waals surface area contributed by atoms with E-state index in [2.05, 4.69) is 19.2 Å². The molecular weight excluding hydrogens is 212 g/mol. The molecule has 0 saturated carbocycles. The van der Waals surface area contributed by atoms with Gasteiger partial charge >= 0.3 is 0 Å². The first-order valence-electron chi connectivity index (χ1n) is 6.09. The summed E-state index contributed by atoms with van der Waals surface area (Å²) in [6.45, 7) is 5.24. The maximum Gasteiger partial charge on any atom is 0.174 e. The standard InChI is InChI=1S/C14H20N2O/c1-3-6-12(2)16-11-13-7-4-5-8-14(13)17-10-9-15/h4-5,7-8,12,16H,3,6,10-11H2,1-2H3. The number of hydrogen-bond donors (Lipinski definition) is 1. The van der Waals surface area contributed by atoms with Crippen molar-refractivity contribution in [2.75, 3.05) is 6.61 Å². The van der Waals surface area contributed by atoms with Crippen molar-refractivity contribution in [3.05, 3.63) is 29.8 Å². The molecule has 17 heavy (non-hydrogen) atoms. The molecule has 1 N–H and O–H groups in total. The molecule has 0 spiro atoms. The average Bonchev–Trinajstić information content (AvgIpc) is 2.35. The molecule has 1 atom stereocenters. The van der Waals surface area contributed by atoms with Crippen LogP contribution in [-0.4, -0.2) is 12.6 Å². The van der Waals surface area contributed by atoms with Crippen molar-refractivity contribution in [2.45, 2.75) is 39.3 Å². The van der Waals surface area contributed by atoms with E-state index in [0.29, 0.717) is 6.04 Å². The van der Waals surface area contributed by atoms with Crippen LogP contribution in [0.1, 0.15) is 32.3 Å². The van der Waals surface area contributed by atoms with Gasteiger partial charge < -0.3 is 10.1 Å². The Hall–Kier alpha value is -1.53. The number of benzene rings is 1. The Balaban J connectivity index is 2.54. The number of nitrogens with zero attached hydrogens (tertiary/aromatic N) is 1. The van der Waals surface area contributed by atoms with Crippen molar-refractivity contribution in [1.29, 1.82) is 5.26 Å². The third-order valence-corrected chi connectivity index (χ3v) is 2.63. The SMILES string of the molecule is CCCC(C)NCc1ccccc1OCC#N. The maximum atomic E-state index is 8.52. The van der Waals surface area contributed by atoms with E-state index < -0.39 is 0 Å². The quantitative estimate of drug-likeness (QED) is 0.786. The third kappa shape index (κ3) is 4.88. The highest BCUT2D eigenvalue weighted by molar-refractivity contribution is 5.33. The van der Waals surface area contributed by atoms with E-state index in [1.807, 2.05) is 30.3 Å². The Morgan fingerprint density at radius 3 is 2.88 bits per heavy atom. The lowest BCUT2D eigenvalue weighted by molar-refractivity contribution is 0.361. The fraction of sp³-hybridized carbons (Fsp3) is 0.500. The van der Waals surface area contributed by atoms with Crippen molar-refractivity contribution in [2.24, 2.45) is 0 Å². The second-order valence-electron chi connectivity index (χ2n) is 4.13. The molecule has 1 rings (SSSR count). The molecule has 0 fully saturated rings. The van der Waals surface area contributed by atoms with Crippen molar-refractivity contribution in [1.82, 2.24) is 5.32 Å². The smallest absolute Gasteiger partial charge is 0.174 e. The summed E-state index contributed by atoms with van der Waals surface area (Å²) in [6, 6.07) is 10.3. The topological polar surface area (TPSA) is 45.0 Å². The second-order valence-corrected chi connectivity index (χ2v) is 4.13. The van der Waals surface area contributed by atoms with Crippen LogP contribution in [0.4, 0.5) is 0 Å². The Morgan fingerprint density at radius 1 is 1.41 bits per heavy atom. The van der Waals surface area contributed by atoms with Gasteiger partial charge in [0.15, 0.2) is 6.61 Å². The number of hydrogen-bond acceptors (Lipinski definition) is 3. The predicted octanol–water partition coefficient (Wildman–Crippen LogP) is 2.87. The van der Waals surface area contributed by atoms with E-state index in [9.17, 15) is 0 Å². The van der Waals surface area contributed by atoms with Crippen LogP contribution in [-0.2, 0) is 6.54 Å². The van der Waals surface area contributed by atoms with E-state index >= 15 is 0 Å². The van der Waals surface area contributed by atoms with Gasteiger partial charge in [-0.05, 0) is 19.4 Å². The zero-order valence-corrected chi connectivity index (χ0v) is 10.6. The van der Waals surface area contributed by atoms with Gasteiger partial charge in [-0.3, -0.25) is 0 Å². The van der Waals surface area contributed by atoms with Crippen LogP contribution in [0.3, 0.4) is 0 Å². The minimum atomic E-state index is 0.0987.